The molecule has 0 aliphatic rings. The van der Waals surface area contributed by atoms with Gasteiger partial charge in [-0.05, 0) is 13.3 Å². The summed E-state index contributed by atoms with van der Waals surface area (Å²) >= 11 is 0. The van der Waals surface area contributed by atoms with Crippen molar-refractivity contribution < 1.29 is 13.2 Å². The van der Waals surface area contributed by atoms with Crippen molar-refractivity contribution in [3.63, 3.8) is 0 Å². The number of nitrogens with one attached hydrogen (secondary N) is 1. The Morgan fingerprint density at radius 3 is 2.45 bits per heavy atom. The third-order valence-electron chi connectivity index (χ3n) is 3.06. The summed E-state index contributed by atoms with van der Waals surface area (Å²) in [7, 11) is -0.387. The Labute approximate surface area is 120 Å². The lowest BCUT2D eigenvalue weighted by Crippen LogP contribution is -2.40. The zero-order chi connectivity index (χ0) is 15.2. The number of rotatable bonds is 8. The molecule has 1 heterocycles. The standard InChI is InChI=1S/C12H22N4O3S/c1-5-10(2)16(6-7-19-4)20(17,18)11-8-14-12(13-3)15-9-11/h8-10H,5-7H2,1-4H3,(H,13,14,15). The predicted octanol–water partition coefficient (Wildman–Crippen LogP) is 0.954. The van der Waals surface area contributed by atoms with E-state index in [-0.39, 0.29) is 10.9 Å². The van der Waals surface area contributed by atoms with Crippen molar-refractivity contribution in [1.82, 2.24) is 14.3 Å². The van der Waals surface area contributed by atoms with Crippen LogP contribution in [-0.4, -0.2) is 56.0 Å². The van der Waals surface area contributed by atoms with Crippen LogP contribution in [0.3, 0.4) is 0 Å². The van der Waals surface area contributed by atoms with Gasteiger partial charge in [0.2, 0.25) is 16.0 Å². The molecule has 0 aliphatic heterocycles. The summed E-state index contributed by atoms with van der Waals surface area (Å²) in [5.41, 5.74) is 0. The molecule has 0 amide bonds. The molecule has 0 radical (unpaired) electrons. The van der Waals surface area contributed by atoms with E-state index in [0.717, 1.165) is 6.42 Å². The van der Waals surface area contributed by atoms with E-state index >= 15 is 0 Å². The van der Waals surface area contributed by atoms with Crippen LogP contribution in [-0.2, 0) is 14.8 Å². The summed E-state index contributed by atoms with van der Waals surface area (Å²) in [4.78, 5) is 7.99. The van der Waals surface area contributed by atoms with Gasteiger partial charge in [0.25, 0.3) is 0 Å². The third kappa shape index (κ3) is 3.87. The van der Waals surface area contributed by atoms with Crippen LogP contribution < -0.4 is 5.32 Å². The van der Waals surface area contributed by atoms with Crippen LogP contribution in [0.4, 0.5) is 5.95 Å². The number of anilines is 1. The normalized spacial score (nSPS) is 13.4. The number of ether oxygens (including phenoxy) is 1. The molecule has 8 heteroatoms. The molecule has 1 aromatic rings. The van der Waals surface area contributed by atoms with Gasteiger partial charge in [-0.3, -0.25) is 0 Å². The van der Waals surface area contributed by atoms with Crippen molar-refractivity contribution >= 4 is 16.0 Å². The van der Waals surface area contributed by atoms with Gasteiger partial charge in [-0.2, -0.15) is 4.31 Å². The molecule has 0 spiro atoms. The van der Waals surface area contributed by atoms with E-state index in [0.29, 0.717) is 19.1 Å². The van der Waals surface area contributed by atoms with Crippen molar-refractivity contribution in [2.45, 2.75) is 31.2 Å². The highest BCUT2D eigenvalue weighted by Gasteiger charge is 2.28. The van der Waals surface area contributed by atoms with E-state index in [4.69, 9.17) is 4.74 Å². The van der Waals surface area contributed by atoms with E-state index in [2.05, 4.69) is 15.3 Å². The average molecular weight is 302 g/mol. The molecule has 0 saturated heterocycles. The fraction of sp³-hybridized carbons (Fsp3) is 0.667. The van der Waals surface area contributed by atoms with Crippen molar-refractivity contribution in [2.24, 2.45) is 0 Å². The van der Waals surface area contributed by atoms with E-state index in [1.54, 1.807) is 14.2 Å². The molecule has 1 aromatic heterocycles. The second-order valence-corrected chi connectivity index (χ2v) is 6.25. The molecule has 20 heavy (non-hydrogen) atoms. The largest absolute Gasteiger partial charge is 0.383 e. The Morgan fingerprint density at radius 1 is 1.40 bits per heavy atom. The molecule has 0 aliphatic carbocycles. The Kier molecular flexibility index (Phi) is 6.31. The number of methoxy groups -OCH3 is 1. The quantitative estimate of drug-likeness (QED) is 0.770. The second-order valence-electron chi connectivity index (χ2n) is 4.36. The molecule has 1 atom stereocenters. The summed E-state index contributed by atoms with van der Waals surface area (Å²) in [6, 6.07) is -0.112. The molecular weight excluding hydrogens is 280 g/mol. The highest BCUT2D eigenvalue weighted by Crippen LogP contribution is 2.18. The minimum absolute atomic E-state index is 0.0907. The summed E-state index contributed by atoms with van der Waals surface area (Å²) in [6.07, 6.45) is 3.35. The maximum absolute atomic E-state index is 12.6. The van der Waals surface area contributed by atoms with E-state index in [9.17, 15) is 8.42 Å². The first kappa shape index (κ1) is 16.8. The summed E-state index contributed by atoms with van der Waals surface area (Å²) in [5.74, 6) is 0.385. The minimum Gasteiger partial charge on any atom is -0.383 e. The first-order valence-corrected chi connectivity index (χ1v) is 7.92. The Hall–Kier alpha value is -1.25. The first-order chi connectivity index (χ1) is 9.47. The monoisotopic (exact) mass is 302 g/mol. The zero-order valence-electron chi connectivity index (χ0n) is 12.3. The van der Waals surface area contributed by atoms with Gasteiger partial charge < -0.3 is 10.1 Å². The molecule has 1 N–H and O–H groups in total. The van der Waals surface area contributed by atoms with Crippen LogP contribution in [0.1, 0.15) is 20.3 Å². The van der Waals surface area contributed by atoms with Crippen LogP contribution in [0.5, 0.6) is 0 Å². The Bertz CT molecular complexity index is 504. The molecular formula is C12H22N4O3S. The molecule has 0 aromatic carbocycles. The van der Waals surface area contributed by atoms with Gasteiger partial charge in [0.1, 0.15) is 4.90 Å². The number of hydrogen-bond donors (Lipinski definition) is 1. The fourth-order valence-corrected chi connectivity index (χ4v) is 3.26. The highest BCUT2D eigenvalue weighted by atomic mass is 32.2. The minimum atomic E-state index is -3.61. The van der Waals surface area contributed by atoms with Gasteiger partial charge in [0, 0.05) is 26.7 Å². The Balaban J connectivity index is 3.07. The average Bonchev–Trinajstić information content (AvgIpc) is 2.47. The molecule has 0 fully saturated rings. The predicted molar refractivity (Wildman–Crippen MR) is 77.1 cm³/mol. The lowest BCUT2D eigenvalue weighted by Gasteiger charge is -2.27. The van der Waals surface area contributed by atoms with E-state index in [1.165, 1.54) is 16.7 Å². The van der Waals surface area contributed by atoms with Crippen LogP contribution in [0.25, 0.3) is 0 Å². The molecule has 0 saturated carbocycles. The third-order valence-corrected chi connectivity index (χ3v) is 5.02. The van der Waals surface area contributed by atoms with Gasteiger partial charge in [-0.25, -0.2) is 18.4 Å². The van der Waals surface area contributed by atoms with Gasteiger partial charge >= 0.3 is 0 Å². The Morgan fingerprint density at radius 2 is 2.00 bits per heavy atom. The summed E-state index contributed by atoms with van der Waals surface area (Å²) in [6.45, 7) is 4.47. The molecule has 0 bridgehead atoms. The molecule has 1 rings (SSSR count). The van der Waals surface area contributed by atoms with Crippen LogP contribution in [0, 0.1) is 0 Å². The zero-order valence-corrected chi connectivity index (χ0v) is 13.1. The smallest absolute Gasteiger partial charge is 0.246 e. The SMILES string of the molecule is CCC(C)N(CCOC)S(=O)(=O)c1cnc(NC)nc1. The van der Waals surface area contributed by atoms with Crippen LogP contribution in [0.2, 0.25) is 0 Å². The number of nitrogens with zero attached hydrogens (tertiary/aromatic N) is 3. The summed E-state index contributed by atoms with van der Waals surface area (Å²) in [5, 5.41) is 2.75. The van der Waals surface area contributed by atoms with Crippen molar-refractivity contribution in [3.05, 3.63) is 12.4 Å². The lowest BCUT2D eigenvalue weighted by atomic mass is 10.3. The number of hydrogen-bond acceptors (Lipinski definition) is 6. The van der Waals surface area contributed by atoms with Crippen molar-refractivity contribution in [1.29, 1.82) is 0 Å². The van der Waals surface area contributed by atoms with Gasteiger partial charge in [-0.15, -0.1) is 0 Å². The maximum atomic E-state index is 12.6. The topological polar surface area (TPSA) is 84.4 Å². The summed E-state index contributed by atoms with van der Waals surface area (Å²) < 4.78 is 31.6. The number of aromatic nitrogens is 2. The van der Waals surface area contributed by atoms with E-state index in [1.807, 2.05) is 13.8 Å². The van der Waals surface area contributed by atoms with Crippen molar-refractivity contribution in [3.8, 4) is 0 Å². The second kappa shape index (κ2) is 7.51. The lowest BCUT2D eigenvalue weighted by molar-refractivity contribution is 0.167. The van der Waals surface area contributed by atoms with Gasteiger partial charge in [0.15, 0.2) is 0 Å². The first-order valence-electron chi connectivity index (χ1n) is 6.48. The molecule has 7 nitrogen and oxygen atoms in total. The highest BCUT2D eigenvalue weighted by molar-refractivity contribution is 7.89. The molecule has 114 valence electrons. The molecule has 1 unspecified atom stereocenters. The van der Waals surface area contributed by atoms with Gasteiger partial charge in [0.05, 0.1) is 19.0 Å². The number of sulfonamides is 1. The van der Waals surface area contributed by atoms with Crippen LogP contribution >= 0.6 is 0 Å². The van der Waals surface area contributed by atoms with E-state index < -0.39 is 10.0 Å². The van der Waals surface area contributed by atoms with Gasteiger partial charge in [-0.1, -0.05) is 6.92 Å². The van der Waals surface area contributed by atoms with Crippen LogP contribution in [0.15, 0.2) is 17.3 Å². The fourth-order valence-electron chi connectivity index (χ4n) is 1.68. The van der Waals surface area contributed by atoms with Crippen molar-refractivity contribution in [2.75, 3.05) is 32.6 Å². The maximum Gasteiger partial charge on any atom is 0.246 e.